The van der Waals surface area contributed by atoms with Gasteiger partial charge in [0, 0.05) is 25.1 Å². The van der Waals surface area contributed by atoms with Gasteiger partial charge >= 0.3 is 0 Å². The Labute approximate surface area is 195 Å². The summed E-state index contributed by atoms with van der Waals surface area (Å²) in [4.78, 5) is 13.3. The minimum Gasteiger partial charge on any atom is -0.487 e. The third-order valence-electron chi connectivity index (χ3n) is 7.01. The second kappa shape index (κ2) is 9.43. The highest BCUT2D eigenvalue weighted by Crippen LogP contribution is 2.42. The lowest BCUT2D eigenvalue weighted by atomic mass is 9.83. The molecule has 4 rings (SSSR count). The Hall–Kier alpha value is -2.45. The van der Waals surface area contributed by atoms with E-state index in [4.69, 9.17) is 4.74 Å². The largest absolute Gasteiger partial charge is 0.487 e. The van der Waals surface area contributed by atoms with E-state index in [2.05, 4.69) is 19.2 Å². The molecule has 0 radical (unpaired) electrons. The van der Waals surface area contributed by atoms with Gasteiger partial charge in [0.1, 0.15) is 17.2 Å². The summed E-state index contributed by atoms with van der Waals surface area (Å²) in [6.45, 7) is 4.65. The lowest BCUT2D eigenvalue weighted by molar-refractivity contribution is -0.127. The normalized spacial score (nSPS) is 22.8. The molecule has 6 nitrogen and oxygen atoms in total. The number of sulfonamides is 1. The average Bonchev–Trinajstić information content (AvgIpc) is 2.84. The van der Waals surface area contributed by atoms with Crippen molar-refractivity contribution in [2.24, 2.45) is 5.92 Å². The van der Waals surface area contributed by atoms with Gasteiger partial charge in [-0.25, -0.2) is 12.8 Å². The smallest absolute Gasteiger partial charge is 0.243 e. The quantitative estimate of drug-likeness (QED) is 0.672. The Morgan fingerprint density at radius 2 is 1.85 bits per heavy atom. The van der Waals surface area contributed by atoms with E-state index >= 15 is 0 Å². The lowest BCUT2D eigenvalue weighted by Crippen LogP contribution is -2.49. The molecule has 0 spiro atoms. The SMILES string of the molecule is CCC1(CC)C[C@@H](NC(=O)[C@H]2CCCN(S(=O)(=O)c3ccc(F)cc3)C2)c2ccccc2O1. The zero-order chi connectivity index (χ0) is 23.6. The summed E-state index contributed by atoms with van der Waals surface area (Å²) in [5, 5.41) is 3.20. The van der Waals surface area contributed by atoms with Gasteiger partial charge in [-0.1, -0.05) is 32.0 Å². The van der Waals surface area contributed by atoms with E-state index in [0.29, 0.717) is 25.8 Å². The van der Waals surface area contributed by atoms with Crippen LogP contribution in [0.5, 0.6) is 5.75 Å². The Bertz CT molecular complexity index is 1100. The Morgan fingerprint density at radius 1 is 1.15 bits per heavy atom. The molecule has 0 saturated carbocycles. The number of fused-ring (bicyclic) bond motifs is 1. The Balaban J connectivity index is 1.51. The molecule has 8 heteroatoms. The van der Waals surface area contributed by atoms with Crippen LogP contribution in [0.15, 0.2) is 53.4 Å². The first-order valence-corrected chi connectivity index (χ1v) is 13.1. The van der Waals surface area contributed by atoms with Crippen molar-refractivity contribution in [3.63, 3.8) is 0 Å². The number of nitrogens with one attached hydrogen (secondary N) is 1. The maximum atomic E-state index is 13.3. The van der Waals surface area contributed by atoms with E-state index in [1.165, 1.54) is 16.4 Å². The third kappa shape index (κ3) is 4.77. The first-order valence-electron chi connectivity index (χ1n) is 11.6. The summed E-state index contributed by atoms with van der Waals surface area (Å²) in [6, 6.07) is 12.4. The maximum Gasteiger partial charge on any atom is 0.243 e. The number of carbonyl (C=O) groups is 1. The van der Waals surface area contributed by atoms with E-state index in [-0.39, 0.29) is 29.0 Å². The molecule has 1 amide bonds. The predicted molar refractivity (Wildman–Crippen MR) is 124 cm³/mol. The number of piperidine rings is 1. The average molecular weight is 475 g/mol. The van der Waals surface area contributed by atoms with Crippen molar-refractivity contribution >= 4 is 15.9 Å². The summed E-state index contributed by atoms with van der Waals surface area (Å²) < 4.78 is 47.0. The Morgan fingerprint density at radius 3 is 2.55 bits per heavy atom. The fraction of sp³-hybridized carbons (Fsp3) is 0.480. The number of hydrogen-bond acceptors (Lipinski definition) is 4. The van der Waals surface area contributed by atoms with E-state index in [1.807, 2.05) is 24.3 Å². The molecule has 0 bridgehead atoms. The molecule has 2 aliphatic rings. The van der Waals surface area contributed by atoms with Crippen LogP contribution in [0.25, 0.3) is 0 Å². The fourth-order valence-electron chi connectivity index (χ4n) is 4.85. The van der Waals surface area contributed by atoms with Crippen molar-refractivity contribution in [3.05, 3.63) is 59.9 Å². The number of halogens is 1. The van der Waals surface area contributed by atoms with Gasteiger partial charge in [0.2, 0.25) is 15.9 Å². The standard InChI is InChI=1S/C25H31FN2O4S/c1-3-25(4-2)16-22(21-9-5-6-10-23(21)32-25)27-24(29)18-8-7-15-28(17-18)33(30,31)20-13-11-19(26)12-14-20/h5-6,9-14,18,22H,3-4,7-8,15-17H2,1-2H3,(H,27,29)/t18-,22+/m0/s1. The summed E-state index contributed by atoms with van der Waals surface area (Å²) in [6.07, 6.45) is 3.55. The minimum atomic E-state index is -3.79. The zero-order valence-electron chi connectivity index (χ0n) is 19.1. The van der Waals surface area contributed by atoms with Crippen molar-refractivity contribution in [2.75, 3.05) is 13.1 Å². The van der Waals surface area contributed by atoms with E-state index in [9.17, 15) is 17.6 Å². The summed E-state index contributed by atoms with van der Waals surface area (Å²) in [5.74, 6) is -0.280. The number of ether oxygens (including phenoxy) is 1. The van der Waals surface area contributed by atoms with Gasteiger partial charge in [-0.2, -0.15) is 4.31 Å². The molecule has 178 valence electrons. The highest BCUT2D eigenvalue weighted by atomic mass is 32.2. The van der Waals surface area contributed by atoms with Gasteiger partial charge in [0.05, 0.1) is 16.9 Å². The summed E-state index contributed by atoms with van der Waals surface area (Å²) >= 11 is 0. The fourth-order valence-corrected chi connectivity index (χ4v) is 6.37. The van der Waals surface area contributed by atoms with Crippen LogP contribution in [0.4, 0.5) is 4.39 Å². The molecule has 0 unspecified atom stereocenters. The number of carbonyl (C=O) groups excluding carboxylic acids is 1. The Kier molecular flexibility index (Phi) is 6.77. The molecular weight excluding hydrogens is 443 g/mol. The predicted octanol–water partition coefficient (Wildman–Crippen LogP) is 4.43. The van der Waals surface area contributed by atoms with Gasteiger partial charge in [0.15, 0.2) is 0 Å². The molecular formula is C25H31FN2O4S. The molecule has 2 aliphatic heterocycles. The van der Waals surface area contributed by atoms with Gasteiger partial charge in [-0.3, -0.25) is 4.79 Å². The molecule has 0 aromatic heterocycles. The number of para-hydroxylation sites is 1. The third-order valence-corrected chi connectivity index (χ3v) is 8.89. The molecule has 0 aliphatic carbocycles. The van der Waals surface area contributed by atoms with Crippen LogP contribution in [-0.2, 0) is 14.8 Å². The number of hydrogen-bond donors (Lipinski definition) is 1. The van der Waals surface area contributed by atoms with E-state index < -0.39 is 21.8 Å². The topological polar surface area (TPSA) is 75.7 Å². The van der Waals surface area contributed by atoms with E-state index in [1.54, 1.807) is 0 Å². The van der Waals surface area contributed by atoms with Crippen LogP contribution in [-0.4, -0.2) is 37.3 Å². The van der Waals surface area contributed by atoms with Gasteiger partial charge < -0.3 is 10.1 Å². The van der Waals surface area contributed by atoms with Crippen LogP contribution in [0.2, 0.25) is 0 Å². The molecule has 1 saturated heterocycles. The van der Waals surface area contributed by atoms with Crippen LogP contribution in [0.1, 0.15) is 57.6 Å². The number of rotatable bonds is 6. The molecule has 1 fully saturated rings. The van der Waals surface area contributed by atoms with Crippen molar-refractivity contribution < 1.29 is 22.3 Å². The summed E-state index contributed by atoms with van der Waals surface area (Å²) in [7, 11) is -3.79. The number of benzene rings is 2. The van der Waals surface area contributed by atoms with Crippen molar-refractivity contribution in [1.29, 1.82) is 0 Å². The number of nitrogens with zero attached hydrogens (tertiary/aromatic N) is 1. The second-order valence-corrected chi connectivity index (χ2v) is 10.9. The van der Waals surface area contributed by atoms with Crippen molar-refractivity contribution in [1.82, 2.24) is 9.62 Å². The molecule has 2 aromatic rings. The van der Waals surface area contributed by atoms with Crippen molar-refractivity contribution in [3.8, 4) is 5.75 Å². The molecule has 2 heterocycles. The van der Waals surface area contributed by atoms with Crippen molar-refractivity contribution in [2.45, 2.75) is 62.5 Å². The van der Waals surface area contributed by atoms with Crippen LogP contribution in [0, 0.1) is 11.7 Å². The zero-order valence-corrected chi connectivity index (χ0v) is 19.9. The van der Waals surface area contributed by atoms with Crippen LogP contribution < -0.4 is 10.1 Å². The van der Waals surface area contributed by atoms with Gasteiger partial charge in [-0.05, 0) is 56.0 Å². The maximum absolute atomic E-state index is 13.3. The second-order valence-electron chi connectivity index (χ2n) is 8.95. The monoisotopic (exact) mass is 474 g/mol. The lowest BCUT2D eigenvalue weighted by Gasteiger charge is -2.42. The highest BCUT2D eigenvalue weighted by molar-refractivity contribution is 7.89. The molecule has 2 atom stereocenters. The molecule has 2 aromatic carbocycles. The number of amides is 1. The molecule has 1 N–H and O–H groups in total. The minimum absolute atomic E-state index is 0.0407. The molecule has 33 heavy (non-hydrogen) atoms. The van der Waals surface area contributed by atoms with Gasteiger partial charge in [-0.15, -0.1) is 0 Å². The summed E-state index contributed by atoms with van der Waals surface area (Å²) in [5.41, 5.74) is 0.617. The first kappa shape index (κ1) is 23.7. The van der Waals surface area contributed by atoms with Crippen LogP contribution >= 0.6 is 0 Å². The van der Waals surface area contributed by atoms with E-state index in [0.717, 1.165) is 36.3 Å². The van der Waals surface area contributed by atoms with Gasteiger partial charge in [0.25, 0.3) is 0 Å². The first-order chi connectivity index (χ1) is 15.8. The highest BCUT2D eigenvalue weighted by Gasteiger charge is 2.40. The van der Waals surface area contributed by atoms with Crippen LogP contribution in [0.3, 0.4) is 0 Å².